The van der Waals surface area contributed by atoms with Crippen LogP contribution in [-0.2, 0) is 0 Å². The molecule has 1 heterocycles. The van der Waals surface area contributed by atoms with Crippen LogP contribution in [0.3, 0.4) is 0 Å². The van der Waals surface area contributed by atoms with Crippen molar-refractivity contribution in [2.75, 3.05) is 18.5 Å². The van der Waals surface area contributed by atoms with Crippen LogP contribution in [-0.4, -0.2) is 28.2 Å². The number of hydrogen-bond donors (Lipinski definition) is 2. The van der Waals surface area contributed by atoms with E-state index in [0.717, 1.165) is 25.7 Å². The normalized spacial score (nSPS) is 17.7. The standard InChI is InChI=1S/C13H18ClN3O3/c14-10-6-11(17(19)20)12(15-7-10)16-8-13(9-18)4-2-1-3-5-13/h6-7,18H,1-5,8-9H2,(H,15,16). The third-order valence-electron chi connectivity index (χ3n) is 3.91. The predicted molar refractivity (Wildman–Crippen MR) is 77.0 cm³/mol. The fourth-order valence-corrected chi connectivity index (χ4v) is 2.82. The lowest BCUT2D eigenvalue weighted by atomic mass is 9.74. The van der Waals surface area contributed by atoms with Gasteiger partial charge in [0, 0.05) is 24.2 Å². The Labute approximate surface area is 122 Å². The molecule has 2 N–H and O–H groups in total. The van der Waals surface area contributed by atoms with Crippen LogP contribution in [0.2, 0.25) is 5.02 Å². The van der Waals surface area contributed by atoms with Gasteiger partial charge in [0.2, 0.25) is 5.82 Å². The molecule has 0 radical (unpaired) electrons. The molecular formula is C13H18ClN3O3. The van der Waals surface area contributed by atoms with Crippen LogP contribution in [0.15, 0.2) is 12.3 Å². The highest BCUT2D eigenvalue weighted by Gasteiger charge is 2.32. The van der Waals surface area contributed by atoms with E-state index in [2.05, 4.69) is 10.3 Å². The summed E-state index contributed by atoms with van der Waals surface area (Å²) in [5.41, 5.74) is -0.339. The zero-order chi connectivity index (χ0) is 14.6. The second-order valence-electron chi connectivity index (χ2n) is 5.35. The van der Waals surface area contributed by atoms with Crippen LogP contribution in [0.1, 0.15) is 32.1 Å². The molecule has 1 fully saturated rings. The summed E-state index contributed by atoms with van der Waals surface area (Å²) >= 11 is 5.73. The van der Waals surface area contributed by atoms with E-state index in [-0.39, 0.29) is 28.5 Å². The van der Waals surface area contributed by atoms with Crippen molar-refractivity contribution < 1.29 is 10.0 Å². The minimum absolute atomic E-state index is 0.0847. The van der Waals surface area contributed by atoms with Gasteiger partial charge in [0.1, 0.15) is 0 Å². The van der Waals surface area contributed by atoms with Crippen molar-refractivity contribution in [1.82, 2.24) is 4.98 Å². The first-order chi connectivity index (χ1) is 9.56. The molecule has 0 aliphatic heterocycles. The van der Waals surface area contributed by atoms with Crippen molar-refractivity contribution in [1.29, 1.82) is 0 Å². The fraction of sp³-hybridized carbons (Fsp3) is 0.615. The number of nitrogens with zero attached hydrogens (tertiary/aromatic N) is 2. The molecule has 0 spiro atoms. The summed E-state index contributed by atoms with van der Waals surface area (Å²) in [6.45, 7) is 0.570. The molecule has 0 unspecified atom stereocenters. The SMILES string of the molecule is O=[N+]([O-])c1cc(Cl)cnc1NCC1(CO)CCCCC1. The summed E-state index contributed by atoms with van der Waals surface area (Å²) in [6.07, 6.45) is 6.58. The maximum absolute atomic E-state index is 11.0. The molecule has 0 saturated heterocycles. The molecular weight excluding hydrogens is 282 g/mol. The van der Waals surface area contributed by atoms with Crippen molar-refractivity contribution in [2.45, 2.75) is 32.1 Å². The van der Waals surface area contributed by atoms with Gasteiger partial charge >= 0.3 is 5.69 Å². The van der Waals surface area contributed by atoms with E-state index in [1.807, 2.05) is 0 Å². The molecule has 1 aromatic rings. The number of anilines is 1. The summed E-state index contributed by atoms with van der Waals surface area (Å²) in [5, 5.41) is 23.9. The molecule has 110 valence electrons. The van der Waals surface area contributed by atoms with Gasteiger partial charge in [-0.15, -0.1) is 0 Å². The maximum atomic E-state index is 11.0. The van der Waals surface area contributed by atoms with Gasteiger partial charge < -0.3 is 10.4 Å². The molecule has 7 heteroatoms. The van der Waals surface area contributed by atoms with E-state index in [0.29, 0.717) is 6.54 Å². The van der Waals surface area contributed by atoms with Gasteiger partial charge in [-0.3, -0.25) is 10.1 Å². The van der Waals surface area contributed by atoms with Crippen LogP contribution < -0.4 is 5.32 Å². The highest BCUT2D eigenvalue weighted by molar-refractivity contribution is 6.30. The minimum atomic E-state index is -0.506. The first-order valence-corrected chi connectivity index (χ1v) is 7.09. The molecule has 2 rings (SSSR count). The number of aliphatic hydroxyl groups is 1. The number of aromatic nitrogens is 1. The Morgan fingerprint density at radius 2 is 2.15 bits per heavy atom. The van der Waals surface area contributed by atoms with Crippen molar-refractivity contribution in [3.8, 4) is 0 Å². The van der Waals surface area contributed by atoms with Gasteiger partial charge in [-0.2, -0.15) is 0 Å². The zero-order valence-corrected chi connectivity index (χ0v) is 11.9. The summed E-state index contributed by atoms with van der Waals surface area (Å²) in [6, 6.07) is 1.28. The molecule has 0 aromatic carbocycles. The van der Waals surface area contributed by atoms with E-state index in [9.17, 15) is 15.2 Å². The fourth-order valence-electron chi connectivity index (χ4n) is 2.67. The summed E-state index contributed by atoms with van der Waals surface area (Å²) in [5.74, 6) is 0.206. The van der Waals surface area contributed by atoms with Crippen LogP contribution >= 0.6 is 11.6 Å². The Bertz CT molecular complexity index is 490. The number of rotatable bonds is 5. The quantitative estimate of drug-likeness (QED) is 0.644. The van der Waals surface area contributed by atoms with Gasteiger partial charge in [0.25, 0.3) is 0 Å². The molecule has 20 heavy (non-hydrogen) atoms. The summed E-state index contributed by atoms with van der Waals surface area (Å²) < 4.78 is 0. The number of hydrogen-bond acceptors (Lipinski definition) is 5. The smallest absolute Gasteiger partial charge is 0.312 e. The lowest BCUT2D eigenvalue weighted by molar-refractivity contribution is -0.384. The lowest BCUT2D eigenvalue weighted by Crippen LogP contribution is -2.35. The first kappa shape index (κ1) is 15.0. The largest absolute Gasteiger partial charge is 0.396 e. The van der Waals surface area contributed by atoms with Crippen LogP contribution in [0.4, 0.5) is 11.5 Å². The Balaban J connectivity index is 2.11. The van der Waals surface area contributed by atoms with E-state index >= 15 is 0 Å². The average molecular weight is 300 g/mol. The number of nitro groups is 1. The van der Waals surface area contributed by atoms with Gasteiger partial charge in [0.15, 0.2) is 0 Å². The van der Waals surface area contributed by atoms with Gasteiger partial charge in [-0.05, 0) is 12.8 Å². The molecule has 0 atom stereocenters. The molecule has 6 nitrogen and oxygen atoms in total. The van der Waals surface area contributed by atoms with Crippen molar-refractivity contribution in [3.63, 3.8) is 0 Å². The molecule has 1 aromatic heterocycles. The van der Waals surface area contributed by atoms with Gasteiger partial charge in [0.05, 0.1) is 16.6 Å². The van der Waals surface area contributed by atoms with Crippen LogP contribution in [0.5, 0.6) is 0 Å². The number of pyridine rings is 1. The van der Waals surface area contributed by atoms with Crippen molar-refractivity contribution >= 4 is 23.1 Å². The van der Waals surface area contributed by atoms with Crippen LogP contribution in [0, 0.1) is 15.5 Å². The second-order valence-corrected chi connectivity index (χ2v) is 5.79. The number of halogens is 1. The van der Waals surface area contributed by atoms with E-state index in [1.165, 1.54) is 18.7 Å². The van der Waals surface area contributed by atoms with Crippen LogP contribution in [0.25, 0.3) is 0 Å². The predicted octanol–water partition coefficient (Wildman–Crippen LogP) is 3.00. The van der Waals surface area contributed by atoms with E-state index < -0.39 is 4.92 Å². The topological polar surface area (TPSA) is 88.3 Å². The number of aliphatic hydroxyl groups excluding tert-OH is 1. The summed E-state index contributed by atoms with van der Waals surface area (Å²) in [4.78, 5) is 14.5. The van der Waals surface area contributed by atoms with E-state index in [1.54, 1.807) is 0 Å². The highest BCUT2D eigenvalue weighted by Crippen LogP contribution is 2.36. The zero-order valence-electron chi connectivity index (χ0n) is 11.1. The number of nitrogens with one attached hydrogen (secondary N) is 1. The molecule has 1 aliphatic rings. The Kier molecular flexibility index (Phi) is 4.77. The highest BCUT2D eigenvalue weighted by atomic mass is 35.5. The van der Waals surface area contributed by atoms with Gasteiger partial charge in [-0.25, -0.2) is 4.98 Å². The lowest BCUT2D eigenvalue weighted by Gasteiger charge is -2.35. The van der Waals surface area contributed by atoms with Crippen molar-refractivity contribution in [3.05, 3.63) is 27.4 Å². The van der Waals surface area contributed by atoms with Crippen molar-refractivity contribution in [2.24, 2.45) is 5.41 Å². The minimum Gasteiger partial charge on any atom is -0.396 e. The van der Waals surface area contributed by atoms with E-state index in [4.69, 9.17) is 11.6 Å². The molecule has 1 aliphatic carbocycles. The monoisotopic (exact) mass is 299 g/mol. The Hall–Kier alpha value is -1.40. The second kappa shape index (κ2) is 6.37. The maximum Gasteiger partial charge on any atom is 0.312 e. The Morgan fingerprint density at radius 1 is 1.45 bits per heavy atom. The summed E-state index contributed by atoms with van der Waals surface area (Å²) in [7, 11) is 0. The Morgan fingerprint density at radius 3 is 2.75 bits per heavy atom. The average Bonchev–Trinajstić information content (AvgIpc) is 2.47. The molecule has 1 saturated carbocycles. The third-order valence-corrected chi connectivity index (χ3v) is 4.12. The first-order valence-electron chi connectivity index (χ1n) is 6.71. The van der Waals surface area contributed by atoms with Gasteiger partial charge in [-0.1, -0.05) is 30.9 Å². The third kappa shape index (κ3) is 3.37. The molecule has 0 amide bonds. The molecule has 0 bridgehead atoms.